The van der Waals surface area contributed by atoms with Crippen molar-refractivity contribution in [3.05, 3.63) is 53.6 Å². The minimum atomic E-state index is -0.399. The molecule has 0 bridgehead atoms. The van der Waals surface area contributed by atoms with Crippen molar-refractivity contribution >= 4 is 46.7 Å². The minimum absolute atomic E-state index is 0.127. The topological polar surface area (TPSA) is 85.8 Å². The summed E-state index contributed by atoms with van der Waals surface area (Å²) < 4.78 is 1.38. The Labute approximate surface area is 170 Å². The zero-order valence-electron chi connectivity index (χ0n) is 14.7. The van der Waals surface area contributed by atoms with Crippen LogP contribution in [0.25, 0.3) is 11.4 Å². The summed E-state index contributed by atoms with van der Waals surface area (Å²) in [5.74, 6) is 6.50. The molecule has 27 heavy (non-hydrogen) atoms. The van der Waals surface area contributed by atoms with Gasteiger partial charge in [0.25, 0.3) is 0 Å². The largest absolute Gasteiger partial charge is 0.335 e. The summed E-state index contributed by atoms with van der Waals surface area (Å²) in [6, 6.07) is 14.8. The summed E-state index contributed by atoms with van der Waals surface area (Å²) in [4.78, 5) is 13.6. The van der Waals surface area contributed by atoms with E-state index < -0.39 is 5.25 Å². The van der Waals surface area contributed by atoms with E-state index >= 15 is 0 Å². The number of benzene rings is 2. The summed E-state index contributed by atoms with van der Waals surface area (Å²) in [5, 5.41) is 11.9. The molecule has 0 spiro atoms. The van der Waals surface area contributed by atoms with Gasteiger partial charge in [0, 0.05) is 15.5 Å². The van der Waals surface area contributed by atoms with Gasteiger partial charge in [0.15, 0.2) is 5.82 Å². The summed E-state index contributed by atoms with van der Waals surface area (Å²) in [6.07, 6.45) is 1.97. The number of nitrogens with two attached hydrogens (primary N) is 1. The van der Waals surface area contributed by atoms with E-state index in [1.165, 1.54) is 16.4 Å². The van der Waals surface area contributed by atoms with Crippen molar-refractivity contribution in [1.29, 1.82) is 0 Å². The maximum absolute atomic E-state index is 12.6. The lowest BCUT2D eigenvalue weighted by Crippen LogP contribution is -2.24. The first-order valence-corrected chi connectivity index (χ1v) is 10.5. The van der Waals surface area contributed by atoms with E-state index in [0.29, 0.717) is 16.0 Å². The van der Waals surface area contributed by atoms with Crippen molar-refractivity contribution in [2.24, 2.45) is 0 Å². The molecule has 0 radical (unpaired) electrons. The Balaban J connectivity index is 1.71. The van der Waals surface area contributed by atoms with Crippen molar-refractivity contribution in [2.75, 3.05) is 17.4 Å². The molecule has 0 saturated carbocycles. The molecule has 0 saturated heterocycles. The highest BCUT2D eigenvalue weighted by Gasteiger charge is 2.20. The van der Waals surface area contributed by atoms with Gasteiger partial charge in [-0.15, -0.1) is 22.0 Å². The second kappa shape index (κ2) is 8.69. The summed E-state index contributed by atoms with van der Waals surface area (Å²) >= 11 is 8.74. The van der Waals surface area contributed by atoms with Crippen LogP contribution in [0.2, 0.25) is 5.02 Å². The van der Waals surface area contributed by atoms with Crippen molar-refractivity contribution in [1.82, 2.24) is 14.9 Å². The van der Waals surface area contributed by atoms with Crippen LogP contribution in [-0.4, -0.2) is 32.3 Å². The first-order chi connectivity index (χ1) is 13.0. The van der Waals surface area contributed by atoms with Crippen LogP contribution in [0, 0.1) is 0 Å². The molecule has 3 rings (SSSR count). The molecule has 3 N–H and O–H groups in total. The summed E-state index contributed by atoms with van der Waals surface area (Å²) in [5.41, 5.74) is 1.59. The zero-order chi connectivity index (χ0) is 19.4. The number of hydrogen-bond acceptors (Lipinski definition) is 6. The maximum atomic E-state index is 12.6. The van der Waals surface area contributed by atoms with E-state index in [1.54, 1.807) is 30.8 Å². The molecule has 1 aromatic heterocycles. The third kappa shape index (κ3) is 4.58. The summed E-state index contributed by atoms with van der Waals surface area (Å²) in [7, 11) is 0. The average molecular weight is 420 g/mol. The SMILES string of the molecule is CSc1ccccc1NC(=O)C(C)Sc1nnc(-c2ccc(Cl)cc2)n1N. The first kappa shape index (κ1) is 19.6. The second-order valence-corrected chi connectivity index (χ2v) is 8.23. The number of halogens is 1. The van der Waals surface area contributed by atoms with Gasteiger partial charge in [-0.2, -0.15) is 0 Å². The Morgan fingerprint density at radius 2 is 1.89 bits per heavy atom. The zero-order valence-corrected chi connectivity index (χ0v) is 17.1. The van der Waals surface area contributed by atoms with Crippen molar-refractivity contribution in [2.45, 2.75) is 22.2 Å². The average Bonchev–Trinajstić information content (AvgIpc) is 3.03. The predicted octanol–water partition coefficient (Wildman–Crippen LogP) is 4.15. The third-order valence-electron chi connectivity index (χ3n) is 3.78. The third-order valence-corrected chi connectivity index (χ3v) is 5.89. The maximum Gasteiger partial charge on any atom is 0.237 e. The van der Waals surface area contributed by atoms with Crippen LogP contribution in [0.1, 0.15) is 6.92 Å². The van der Waals surface area contributed by atoms with Crippen LogP contribution >= 0.6 is 35.1 Å². The first-order valence-electron chi connectivity index (χ1n) is 8.06. The Bertz CT molecular complexity index is 945. The lowest BCUT2D eigenvalue weighted by atomic mass is 10.2. The van der Waals surface area contributed by atoms with Gasteiger partial charge in [-0.05, 0) is 49.6 Å². The molecule has 0 aliphatic heterocycles. The van der Waals surface area contributed by atoms with Crippen molar-refractivity contribution in [3.63, 3.8) is 0 Å². The molecule has 0 fully saturated rings. The number of nitrogens with one attached hydrogen (secondary N) is 1. The van der Waals surface area contributed by atoms with Crippen LogP contribution in [0.3, 0.4) is 0 Å². The van der Waals surface area contributed by atoms with Crippen LogP contribution in [0.5, 0.6) is 0 Å². The number of hydrogen-bond donors (Lipinski definition) is 2. The van der Waals surface area contributed by atoms with Gasteiger partial charge >= 0.3 is 0 Å². The highest BCUT2D eigenvalue weighted by atomic mass is 35.5. The van der Waals surface area contributed by atoms with Gasteiger partial charge in [0.1, 0.15) is 0 Å². The molecule has 6 nitrogen and oxygen atoms in total. The molecule has 0 aliphatic carbocycles. The van der Waals surface area contributed by atoms with E-state index in [0.717, 1.165) is 16.1 Å². The highest BCUT2D eigenvalue weighted by Crippen LogP contribution is 2.28. The van der Waals surface area contributed by atoms with Crippen molar-refractivity contribution < 1.29 is 4.79 Å². The van der Waals surface area contributed by atoms with Gasteiger partial charge in [0.05, 0.1) is 10.9 Å². The molecule has 140 valence electrons. The molecule has 1 heterocycles. The van der Waals surface area contributed by atoms with E-state index in [4.69, 9.17) is 17.4 Å². The molecule has 1 atom stereocenters. The second-order valence-electron chi connectivity index (χ2n) is 5.63. The fourth-order valence-electron chi connectivity index (χ4n) is 2.35. The number of nitrogen functional groups attached to an aromatic ring is 1. The van der Waals surface area contributed by atoms with Gasteiger partial charge in [-0.1, -0.05) is 35.5 Å². The monoisotopic (exact) mass is 419 g/mol. The van der Waals surface area contributed by atoms with Crippen LogP contribution < -0.4 is 11.2 Å². The Hall–Kier alpha value is -2.16. The van der Waals surface area contributed by atoms with E-state index in [2.05, 4.69) is 15.5 Å². The number of para-hydroxylation sites is 1. The number of amides is 1. The number of nitrogens with zero attached hydrogens (tertiary/aromatic N) is 3. The Morgan fingerprint density at radius 3 is 2.59 bits per heavy atom. The minimum Gasteiger partial charge on any atom is -0.335 e. The van der Waals surface area contributed by atoms with Gasteiger partial charge in [0.2, 0.25) is 11.1 Å². The Kier molecular flexibility index (Phi) is 6.30. The lowest BCUT2D eigenvalue weighted by Gasteiger charge is -2.13. The lowest BCUT2D eigenvalue weighted by molar-refractivity contribution is -0.115. The van der Waals surface area contributed by atoms with E-state index in [1.807, 2.05) is 42.7 Å². The molecule has 2 aromatic carbocycles. The fourth-order valence-corrected chi connectivity index (χ4v) is 3.80. The Morgan fingerprint density at radius 1 is 1.19 bits per heavy atom. The highest BCUT2D eigenvalue weighted by molar-refractivity contribution is 8.00. The van der Waals surface area contributed by atoms with Crippen LogP contribution in [-0.2, 0) is 4.79 Å². The van der Waals surface area contributed by atoms with Crippen LogP contribution in [0.15, 0.2) is 58.6 Å². The van der Waals surface area contributed by atoms with Crippen molar-refractivity contribution in [3.8, 4) is 11.4 Å². The molecule has 9 heteroatoms. The van der Waals surface area contributed by atoms with Gasteiger partial charge in [-0.25, -0.2) is 4.68 Å². The number of carbonyl (C=O) groups is 1. The molecule has 3 aromatic rings. The summed E-state index contributed by atoms with van der Waals surface area (Å²) in [6.45, 7) is 1.80. The fraction of sp³-hybridized carbons (Fsp3) is 0.167. The predicted molar refractivity (Wildman–Crippen MR) is 113 cm³/mol. The van der Waals surface area contributed by atoms with Crippen LogP contribution in [0.4, 0.5) is 5.69 Å². The molecule has 0 aliphatic rings. The standard InChI is InChI=1S/C18H18ClN5OS2/c1-11(17(25)21-14-5-3-4-6-15(14)26-2)27-18-23-22-16(24(18)20)12-7-9-13(19)10-8-12/h3-11H,20H2,1-2H3,(H,21,25). The number of thioether (sulfide) groups is 2. The smallest absolute Gasteiger partial charge is 0.237 e. The number of anilines is 1. The quantitative estimate of drug-likeness (QED) is 0.461. The molecule has 1 amide bonds. The molecular formula is C18H18ClN5OS2. The number of carbonyl (C=O) groups excluding carboxylic acids is 1. The van der Waals surface area contributed by atoms with Gasteiger partial charge < -0.3 is 11.2 Å². The molecular weight excluding hydrogens is 402 g/mol. The van der Waals surface area contributed by atoms with Gasteiger partial charge in [-0.3, -0.25) is 4.79 Å². The number of aromatic nitrogens is 3. The van der Waals surface area contributed by atoms with E-state index in [-0.39, 0.29) is 5.91 Å². The molecule has 1 unspecified atom stereocenters. The normalized spacial score (nSPS) is 12.0. The van der Waals surface area contributed by atoms with E-state index in [9.17, 15) is 4.79 Å². The number of rotatable bonds is 6.